The van der Waals surface area contributed by atoms with Gasteiger partial charge >= 0.3 is 0 Å². The zero-order chi connectivity index (χ0) is 8.10. The topological polar surface area (TPSA) is 69.0 Å². The first-order valence-corrected chi connectivity index (χ1v) is 4.07. The monoisotopic (exact) mass is 155 g/mol. The molecule has 1 fully saturated rings. The third-order valence-corrected chi connectivity index (χ3v) is 2.14. The molecule has 11 heavy (non-hydrogen) atoms. The van der Waals surface area contributed by atoms with E-state index in [0.29, 0.717) is 0 Å². The van der Waals surface area contributed by atoms with E-state index in [2.05, 4.69) is 10.0 Å². The van der Waals surface area contributed by atoms with E-state index < -0.39 is 6.10 Å². The lowest BCUT2D eigenvalue weighted by molar-refractivity contribution is 0.137. The molecule has 0 saturated heterocycles. The maximum atomic E-state index is 9.42. The molecule has 0 aromatic rings. The molecule has 0 unspecified atom stereocenters. The van der Waals surface area contributed by atoms with Crippen LogP contribution in [-0.2, 0) is 0 Å². The van der Waals surface area contributed by atoms with Crippen molar-refractivity contribution in [3.8, 4) is 0 Å². The Morgan fingerprint density at radius 2 is 2.00 bits per heavy atom. The maximum Gasteiger partial charge on any atom is 0.0633 e. The van der Waals surface area contributed by atoms with Crippen molar-refractivity contribution in [3.05, 3.63) is 10.4 Å². The van der Waals surface area contributed by atoms with Crippen molar-refractivity contribution in [1.82, 2.24) is 0 Å². The van der Waals surface area contributed by atoms with Gasteiger partial charge in [0.2, 0.25) is 0 Å². The number of azide groups is 1. The highest BCUT2D eigenvalue weighted by Gasteiger charge is 2.19. The molecule has 0 bridgehead atoms. The highest BCUT2D eigenvalue weighted by atomic mass is 16.3. The van der Waals surface area contributed by atoms with Gasteiger partial charge in [-0.05, 0) is 18.4 Å². The summed E-state index contributed by atoms with van der Waals surface area (Å²) in [5, 5.41) is 13.0. The van der Waals surface area contributed by atoms with Gasteiger partial charge in [0.15, 0.2) is 0 Å². The zero-order valence-corrected chi connectivity index (χ0v) is 6.48. The highest BCUT2D eigenvalue weighted by molar-refractivity contribution is 4.78. The van der Waals surface area contributed by atoms with E-state index in [1.807, 2.05) is 0 Å². The Morgan fingerprint density at radius 1 is 1.27 bits per heavy atom. The third-order valence-electron chi connectivity index (χ3n) is 2.14. The number of nitrogens with zero attached hydrogens (tertiary/aromatic N) is 3. The summed E-state index contributed by atoms with van der Waals surface area (Å²) < 4.78 is 0. The molecule has 0 radical (unpaired) electrons. The Balaban J connectivity index is 2.51. The second kappa shape index (κ2) is 4.21. The molecule has 2 atom stereocenters. The number of hydrogen-bond donors (Lipinski definition) is 1. The molecule has 62 valence electrons. The van der Waals surface area contributed by atoms with E-state index in [4.69, 9.17) is 5.53 Å². The molecule has 4 heteroatoms. The van der Waals surface area contributed by atoms with Crippen LogP contribution >= 0.6 is 0 Å². The number of hydrogen-bond acceptors (Lipinski definition) is 2. The quantitative estimate of drug-likeness (QED) is 0.267. The minimum atomic E-state index is -0.409. The SMILES string of the molecule is [N-]=[N+]=N[C@H]1CCCCC[C@@H]1O. The van der Waals surface area contributed by atoms with Gasteiger partial charge in [0.25, 0.3) is 0 Å². The van der Waals surface area contributed by atoms with Crippen LogP contribution in [0.25, 0.3) is 10.4 Å². The van der Waals surface area contributed by atoms with Crippen molar-refractivity contribution >= 4 is 0 Å². The predicted molar refractivity (Wildman–Crippen MR) is 42.0 cm³/mol. The lowest BCUT2D eigenvalue weighted by Crippen LogP contribution is -2.21. The van der Waals surface area contributed by atoms with Crippen LogP contribution in [0.5, 0.6) is 0 Å². The highest BCUT2D eigenvalue weighted by Crippen LogP contribution is 2.20. The van der Waals surface area contributed by atoms with Crippen LogP contribution in [0.15, 0.2) is 5.11 Å². The molecule has 0 heterocycles. The van der Waals surface area contributed by atoms with E-state index in [1.54, 1.807) is 0 Å². The molecular formula is C7H13N3O. The van der Waals surface area contributed by atoms with Crippen molar-refractivity contribution < 1.29 is 5.11 Å². The van der Waals surface area contributed by atoms with Gasteiger partial charge in [-0.1, -0.05) is 24.4 Å². The molecule has 1 rings (SSSR count). The lowest BCUT2D eigenvalue weighted by atomic mass is 10.1. The van der Waals surface area contributed by atoms with Gasteiger partial charge in [-0.25, -0.2) is 0 Å². The minimum absolute atomic E-state index is 0.178. The summed E-state index contributed by atoms with van der Waals surface area (Å²) in [6.07, 6.45) is 4.48. The van der Waals surface area contributed by atoms with Gasteiger partial charge in [0.05, 0.1) is 12.1 Å². The standard InChI is InChI=1S/C7H13N3O/c8-10-9-6-4-2-1-3-5-7(6)11/h6-7,11H,1-5H2/t6-,7-/m0/s1. The largest absolute Gasteiger partial charge is 0.393 e. The predicted octanol–water partition coefficient (Wildman–Crippen LogP) is 1.99. The second-order valence-corrected chi connectivity index (χ2v) is 2.98. The number of rotatable bonds is 1. The van der Waals surface area contributed by atoms with Crippen molar-refractivity contribution in [2.75, 3.05) is 0 Å². The molecule has 0 aromatic carbocycles. The van der Waals surface area contributed by atoms with Crippen LogP contribution in [0.2, 0.25) is 0 Å². The van der Waals surface area contributed by atoms with Crippen LogP contribution in [0.4, 0.5) is 0 Å². The maximum absolute atomic E-state index is 9.42. The fraction of sp³-hybridized carbons (Fsp3) is 1.00. The van der Waals surface area contributed by atoms with E-state index >= 15 is 0 Å². The van der Waals surface area contributed by atoms with Gasteiger partial charge in [-0.15, -0.1) is 0 Å². The van der Waals surface area contributed by atoms with Gasteiger partial charge < -0.3 is 5.11 Å². The van der Waals surface area contributed by atoms with Gasteiger partial charge in [0.1, 0.15) is 0 Å². The molecule has 4 nitrogen and oxygen atoms in total. The first-order valence-electron chi connectivity index (χ1n) is 4.07. The Hall–Kier alpha value is -0.730. The molecule has 1 aliphatic carbocycles. The Morgan fingerprint density at radius 3 is 2.73 bits per heavy atom. The fourth-order valence-electron chi connectivity index (χ4n) is 1.47. The fourth-order valence-corrected chi connectivity index (χ4v) is 1.47. The minimum Gasteiger partial charge on any atom is -0.393 e. The van der Waals surface area contributed by atoms with Crippen molar-refractivity contribution in [2.45, 2.75) is 44.2 Å². The van der Waals surface area contributed by atoms with Crippen LogP contribution in [0.3, 0.4) is 0 Å². The van der Waals surface area contributed by atoms with E-state index in [1.165, 1.54) is 0 Å². The summed E-state index contributed by atoms with van der Waals surface area (Å²) in [6.45, 7) is 0. The van der Waals surface area contributed by atoms with Crippen LogP contribution in [-0.4, -0.2) is 17.3 Å². The van der Waals surface area contributed by atoms with Crippen LogP contribution in [0, 0.1) is 0 Å². The summed E-state index contributed by atoms with van der Waals surface area (Å²) in [7, 11) is 0. The summed E-state index contributed by atoms with van der Waals surface area (Å²) in [5.41, 5.74) is 8.18. The molecule has 0 amide bonds. The van der Waals surface area contributed by atoms with Crippen molar-refractivity contribution in [1.29, 1.82) is 0 Å². The van der Waals surface area contributed by atoms with Crippen molar-refractivity contribution in [3.63, 3.8) is 0 Å². The molecule has 0 spiro atoms. The zero-order valence-electron chi connectivity index (χ0n) is 6.48. The average molecular weight is 155 g/mol. The summed E-state index contributed by atoms with van der Waals surface area (Å²) >= 11 is 0. The van der Waals surface area contributed by atoms with Gasteiger partial charge in [-0.3, -0.25) is 0 Å². The first kappa shape index (κ1) is 8.37. The van der Waals surface area contributed by atoms with E-state index in [9.17, 15) is 5.11 Å². The normalized spacial score (nSPS) is 32.1. The lowest BCUT2D eigenvalue weighted by Gasteiger charge is -2.13. The summed E-state index contributed by atoms with van der Waals surface area (Å²) in [4.78, 5) is 2.72. The molecule has 1 N–H and O–H groups in total. The van der Waals surface area contributed by atoms with Gasteiger partial charge in [-0.2, -0.15) is 0 Å². The molecule has 0 aromatic heterocycles. The molecular weight excluding hydrogens is 142 g/mol. The van der Waals surface area contributed by atoms with E-state index in [-0.39, 0.29) is 6.04 Å². The third kappa shape index (κ3) is 2.41. The molecule has 0 aliphatic heterocycles. The average Bonchev–Trinajstić information content (AvgIpc) is 2.18. The number of aliphatic hydroxyl groups excluding tert-OH is 1. The second-order valence-electron chi connectivity index (χ2n) is 2.98. The molecule has 1 saturated carbocycles. The summed E-state index contributed by atoms with van der Waals surface area (Å²) in [6, 6.07) is -0.178. The van der Waals surface area contributed by atoms with Crippen molar-refractivity contribution in [2.24, 2.45) is 5.11 Å². The summed E-state index contributed by atoms with van der Waals surface area (Å²) in [5.74, 6) is 0. The van der Waals surface area contributed by atoms with Crippen LogP contribution in [0.1, 0.15) is 32.1 Å². The Labute approximate surface area is 65.9 Å². The van der Waals surface area contributed by atoms with Gasteiger partial charge in [0, 0.05) is 4.91 Å². The Bertz CT molecular complexity index is 165. The molecule has 1 aliphatic rings. The first-order chi connectivity index (χ1) is 5.34. The Kier molecular flexibility index (Phi) is 3.20. The van der Waals surface area contributed by atoms with E-state index in [0.717, 1.165) is 32.1 Å². The van der Waals surface area contributed by atoms with Crippen LogP contribution < -0.4 is 0 Å². The number of aliphatic hydroxyl groups is 1. The smallest absolute Gasteiger partial charge is 0.0633 e.